The molecule has 1 heterocycles. The summed E-state index contributed by atoms with van der Waals surface area (Å²) < 4.78 is 6.75. The van der Waals surface area contributed by atoms with Gasteiger partial charge in [-0.1, -0.05) is 6.07 Å². The molecule has 1 aromatic carbocycles. The topological polar surface area (TPSA) is 63.2 Å². The zero-order valence-corrected chi connectivity index (χ0v) is 11.8. The van der Waals surface area contributed by atoms with E-state index in [0.717, 1.165) is 16.8 Å². The number of nitriles is 1. The molecule has 0 unspecified atom stereocenters. The molecular formula is C15H16N4O. The summed E-state index contributed by atoms with van der Waals surface area (Å²) in [5.74, 6) is 0.478. The van der Waals surface area contributed by atoms with E-state index >= 15 is 0 Å². The van der Waals surface area contributed by atoms with Gasteiger partial charge in [-0.05, 0) is 44.0 Å². The molecule has 0 aliphatic heterocycles. The van der Waals surface area contributed by atoms with Gasteiger partial charge in [-0.25, -0.2) is 4.68 Å². The molecule has 0 radical (unpaired) electrons. The van der Waals surface area contributed by atoms with Gasteiger partial charge in [-0.15, -0.1) is 0 Å². The fourth-order valence-corrected chi connectivity index (χ4v) is 1.97. The number of nitrogens with zero attached hydrogens (tertiary/aromatic N) is 4. The summed E-state index contributed by atoms with van der Waals surface area (Å²) in [6, 6.07) is 8.18. The van der Waals surface area contributed by atoms with E-state index in [-0.39, 0.29) is 0 Å². The highest BCUT2D eigenvalue weighted by molar-refractivity contribution is 5.60. The quantitative estimate of drug-likeness (QED) is 0.632. The number of rotatable bonds is 4. The van der Waals surface area contributed by atoms with E-state index in [1.165, 1.54) is 12.6 Å². The Morgan fingerprint density at radius 2 is 2.05 bits per heavy atom. The third kappa shape index (κ3) is 2.86. The molecule has 102 valence electrons. The van der Waals surface area contributed by atoms with Crippen molar-refractivity contribution in [3.05, 3.63) is 41.1 Å². The molecule has 0 saturated heterocycles. The molecule has 0 saturated carbocycles. The van der Waals surface area contributed by atoms with Crippen LogP contribution >= 0.6 is 0 Å². The van der Waals surface area contributed by atoms with Crippen molar-refractivity contribution >= 4 is 12.2 Å². The second-order valence-electron chi connectivity index (χ2n) is 4.44. The summed E-state index contributed by atoms with van der Waals surface area (Å²) in [6.07, 6.45) is 2.85. The maximum atomic E-state index is 9.13. The van der Waals surface area contributed by atoms with Crippen LogP contribution in [-0.4, -0.2) is 22.8 Å². The Bertz CT molecular complexity index is 659. The van der Waals surface area contributed by atoms with Gasteiger partial charge in [-0.3, -0.25) is 0 Å². The smallest absolute Gasteiger partial charge is 0.176 e. The van der Waals surface area contributed by atoms with Crippen LogP contribution < -0.4 is 0 Å². The van der Waals surface area contributed by atoms with Crippen LogP contribution in [0.25, 0.3) is 5.69 Å². The van der Waals surface area contributed by atoms with Gasteiger partial charge >= 0.3 is 0 Å². The first kappa shape index (κ1) is 13.8. The van der Waals surface area contributed by atoms with E-state index in [0.29, 0.717) is 18.0 Å². The van der Waals surface area contributed by atoms with Crippen LogP contribution in [-0.2, 0) is 4.74 Å². The minimum Gasteiger partial charge on any atom is -0.483 e. The van der Waals surface area contributed by atoms with Crippen molar-refractivity contribution in [2.24, 2.45) is 4.99 Å². The maximum Gasteiger partial charge on any atom is 0.176 e. The second-order valence-corrected chi connectivity index (χ2v) is 4.44. The van der Waals surface area contributed by atoms with Crippen LogP contribution in [0.15, 0.2) is 29.4 Å². The monoisotopic (exact) mass is 268 g/mol. The van der Waals surface area contributed by atoms with Crippen molar-refractivity contribution in [2.45, 2.75) is 20.8 Å². The van der Waals surface area contributed by atoms with E-state index in [1.807, 2.05) is 32.9 Å². The van der Waals surface area contributed by atoms with Gasteiger partial charge in [0, 0.05) is 0 Å². The fraction of sp³-hybridized carbons (Fsp3) is 0.267. The fourth-order valence-electron chi connectivity index (χ4n) is 1.97. The predicted molar refractivity (Wildman–Crippen MR) is 77.5 cm³/mol. The minimum absolute atomic E-state index is 0.417. The molecular weight excluding hydrogens is 252 g/mol. The van der Waals surface area contributed by atoms with Crippen LogP contribution in [0, 0.1) is 25.2 Å². The highest BCUT2D eigenvalue weighted by Crippen LogP contribution is 2.23. The normalized spacial score (nSPS) is 10.7. The summed E-state index contributed by atoms with van der Waals surface area (Å²) in [7, 11) is 0. The maximum absolute atomic E-state index is 9.13. The van der Waals surface area contributed by atoms with Crippen LogP contribution in [0.2, 0.25) is 0 Å². The third-order valence-corrected chi connectivity index (χ3v) is 2.73. The van der Waals surface area contributed by atoms with Crippen LogP contribution in [0.5, 0.6) is 0 Å². The lowest BCUT2D eigenvalue weighted by Crippen LogP contribution is -1.98. The van der Waals surface area contributed by atoms with Crippen molar-refractivity contribution in [3.63, 3.8) is 0 Å². The zero-order chi connectivity index (χ0) is 14.5. The molecule has 20 heavy (non-hydrogen) atoms. The SMILES string of the molecule is CCO/C=N/c1c(C#N)cnn1-c1cc(C)cc(C)c1. The first-order valence-corrected chi connectivity index (χ1v) is 6.36. The standard InChI is InChI=1S/C15H16N4O/c1-4-20-10-17-15-13(8-16)9-18-19(15)14-6-11(2)5-12(3)7-14/h5-7,9-10H,4H2,1-3H3/b17-10+. The zero-order valence-electron chi connectivity index (χ0n) is 11.8. The Kier molecular flexibility index (Phi) is 4.16. The molecule has 0 spiro atoms. The van der Waals surface area contributed by atoms with Gasteiger partial charge < -0.3 is 4.74 Å². The summed E-state index contributed by atoms with van der Waals surface area (Å²) in [5.41, 5.74) is 3.57. The van der Waals surface area contributed by atoms with Crippen molar-refractivity contribution in [1.29, 1.82) is 5.26 Å². The number of benzene rings is 1. The molecule has 5 nitrogen and oxygen atoms in total. The van der Waals surface area contributed by atoms with Crippen molar-refractivity contribution in [3.8, 4) is 11.8 Å². The molecule has 2 rings (SSSR count). The number of hydrogen-bond donors (Lipinski definition) is 0. The van der Waals surface area contributed by atoms with E-state index < -0.39 is 0 Å². The molecule has 0 aliphatic rings. The van der Waals surface area contributed by atoms with Gasteiger partial charge in [0.1, 0.15) is 11.6 Å². The van der Waals surface area contributed by atoms with E-state index in [4.69, 9.17) is 10.00 Å². The molecule has 0 bridgehead atoms. The summed E-state index contributed by atoms with van der Waals surface area (Å²) in [5, 5.41) is 13.4. The minimum atomic E-state index is 0.417. The van der Waals surface area contributed by atoms with Gasteiger partial charge in [0.15, 0.2) is 12.2 Å². The number of aliphatic imine (C=N–C) groups is 1. The van der Waals surface area contributed by atoms with Crippen LogP contribution in [0.4, 0.5) is 5.82 Å². The average Bonchev–Trinajstić information content (AvgIpc) is 2.81. The molecule has 0 aliphatic carbocycles. The molecule has 5 heteroatoms. The number of ether oxygens (including phenoxy) is 1. The lowest BCUT2D eigenvalue weighted by molar-refractivity contribution is 0.343. The Morgan fingerprint density at radius 1 is 1.35 bits per heavy atom. The second kappa shape index (κ2) is 6.02. The first-order chi connectivity index (χ1) is 9.65. The largest absolute Gasteiger partial charge is 0.483 e. The highest BCUT2D eigenvalue weighted by Gasteiger charge is 2.11. The van der Waals surface area contributed by atoms with Crippen molar-refractivity contribution < 1.29 is 4.74 Å². The Morgan fingerprint density at radius 3 is 2.65 bits per heavy atom. The Labute approximate surface area is 118 Å². The summed E-state index contributed by atoms with van der Waals surface area (Å²) in [6.45, 7) is 6.45. The van der Waals surface area contributed by atoms with E-state index in [2.05, 4.69) is 22.2 Å². The van der Waals surface area contributed by atoms with Gasteiger partial charge in [-0.2, -0.15) is 15.4 Å². The predicted octanol–water partition coefficient (Wildman–Crippen LogP) is 3.06. The Hall–Kier alpha value is -2.61. The van der Waals surface area contributed by atoms with Crippen LogP contribution in [0.1, 0.15) is 23.6 Å². The van der Waals surface area contributed by atoms with E-state index in [1.54, 1.807) is 4.68 Å². The third-order valence-electron chi connectivity index (χ3n) is 2.73. The van der Waals surface area contributed by atoms with Crippen molar-refractivity contribution in [2.75, 3.05) is 6.61 Å². The lowest BCUT2D eigenvalue weighted by Gasteiger charge is -2.07. The van der Waals surface area contributed by atoms with Crippen molar-refractivity contribution in [1.82, 2.24) is 9.78 Å². The Balaban J connectivity index is 2.51. The van der Waals surface area contributed by atoms with Crippen LogP contribution in [0.3, 0.4) is 0 Å². The average molecular weight is 268 g/mol. The molecule has 1 aromatic heterocycles. The first-order valence-electron chi connectivity index (χ1n) is 6.36. The highest BCUT2D eigenvalue weighted by atomic mass is 16.5. The number of aromatic nitrogens is 2. The number of hydrogen-bond acceptors (Lipinski definition) is 4. The van der Waals surface area contributed by atoms with Gasteiger partial charge in [0.2, 0.25) is 0 Å². The van der Waals surface area contributed by atoms with Gasteiger partial charge in [0.25, 0.3) is 0 Å². The number of aryl methyl sites for hydroxylation is 2. The van der Waals surface area contributed by atoms with Gasteiger partial charge in [0.05, 0.1) is 18.5 Å². The van der Waals surface area contributed by atoms with E-state index in [9.17, 15) is 0 Å². The molecule has 0 fully saturated rings. The summed E-state index contributed by atoms with van der Waals surface area (Å²) in [4.78, 5) is 4.19. The molecule has 0 N–H and O–H groups in total. The molecule has 2 aromatic rings. The summed E-state index contributed by atoms with van der Waals surface area (Å²) >= 11 is 0. The lowest BCUT2D eigenvalue weighted by atomic mass is 10.1. The molecule has 0 atom stereocenters. The molecule has 0 amide bonds.